The molecule has 4 nitrogen and oxygen atoms in total. The number of hydrogen-bond acceptors (Lipinski definition) is 4. The predicted octanol–water partition coefficient (Wildman–Crippen LogP) is 1.68. The smallest absolute Gasteiger partial charge is 0.120 e. The van der Waals surface area contributed by atoms with E-state index >= 15 is 0 Å². The molecule has 0 amide bonds. The van der Waals surface area contributed by atoms with Gasteiger partial charge in [-0.05, 0) is 32.0 Å². The lowest BCUT2D eigenvalue weighted by Gasteiger charge is -2.10. The van der Waals surface area contributed by atoms with Crippen molar-refractivity contribution < 1.29 is 14.9 Å². The zero-order valence-corrected chi connectivity index (χ0v) is 11.0. The van der Waals surface area contributed by atoms with Gasteiger partial charge in [-0.1, -0.05) is 0 Å². The average Bonchev–Trinajstić information content (AvgIpc) is 2.22. The van der Waals surface area contributed by atoms with Crippen LogP contribution in [0, 0.1) is 0 Å². The standard InChI is InChI=1S/C12H19NO3.ClH/c1-3-16-11-4-5-12(15)10(6-11)8-13-7-9(2)14;/h4-6,9,13-15H,3,7-8H2,1-2H3;1H. The van der Waals surface area contributed by atoms with E-state index in [0.29, 0.717) is 19.7 Å². The van der Waals surface area contributed by atoms with E-state index in [0.717, 1.165) is 11.3 Å². The fourth-order valence-electron chi connectivity index (χ4n) is 1.38. The van der Waals surface area contributed by atoms with Gasteiger partial charge in [0, 0.05) is 18.7 Å². The minimum atomic E-state index is -0.391. The number of hydrogen-bond donors (Lipinski definition) is 3. The van der Waals surface area contributed by atoms with Crippen molar-refractivity contribution in [1.82, 2.24) is 5.32 Å². The lowest BCUT2D eigenvalue weighted by Crippen LogP contribution is -2.23. The Balaban J connectivity index is 0.00000256. The highest BCUT2D eigenvalue weighted by Crippen LogP contribution is 2.22. The van der Waals surface area contributed by atoms with Crippen LogP contribution in [0.25, 0.3) is 0 Å². The first-order chi connectivity index (χ1) is 7.63. The number of aliphatic hydroxyl groups excluding tert-OH is 1. The van der Waals surface area contributed by atoms with Gasteiger partial charge in [0.15, 0.2) is 0 Å². The van der Waals surface area contributed by atoms with Crippen LogP contribution in [0.3, 0.4) is 0 Å². The van der Waals surface area contributed by atoms with Crippen molar-refractivity contribution in [3.8, 4) is 11.5 Å². The molecule has 0 aromatic heterocycles. The third-order valence-electron chi connectivity index (χ3n) is 2.12. The monoisotopic (exact) mass is 261 g/mol. The van der Waals surface area contributed by atoms with Gasteiger partial charge in [0.2, 0.25) is 0 Å². The minimum Gasteiger partial charge on any atom is -0.508 e. The van der Waals surface area contributed by atoms with E-state index in [9.17, 15) is 5.11 Å². The second-order valence-corrected chi connectivity index (χ2v) is 3.70. The van der Waals surface area contributed by atoms with Crippen LogP contribution in [-0.2, 0) is 6.54 Å². The van der Waals surface area contributed by atoms with Crippen LogP contribution in [0.15, 0.2) is 18.2 Å². The normalized spacial score (nSPS) is 11.7. The zero-order chi connectivity index (χ0) is 12.0. The van der Waals surface area contributed by atoms with Gasteiger partial charge in [-0.25, -0.2) is 0 Å². The molecule has 0 aliphatic heterocycles. The summed E-state index contributed by atoms with van der Waals surface area (Å²) in [5, 5.41) is 21.7. The first kappa shape index (κ1) is 16.0. The van der Waals surface area contributed by atoms with Crippen LogP contribution in [0.5, 0.6) is 11.5 Å². The van der Waals surface area contributed by atoms with Crippen LogP contribution >= 0.6 is 12.4 Å². The fourth-order valence-corrected chi connectivity index (χ4v) is 1.38. The summed E-state index contributed by atoms with van der Waals surface area (Å²) in [6.45, 7) is 5.24. The Labute approximate surface area is 108 Å². The molecule has 17 heavy (non-hydrogen) atoms. The van der Waals surface area contributed by atoms with Crippen LogP contribution in [0.1, 0.15) is 19.4 Å². The molecule has 1 atom stereocenters. The molecule has 0 saturated heterocycles. The van der Waals surface area contributed by atoms with Crippen LogP contribution in [0.4, 0.5) is 0 Å². The van der Waals surface area contributed by atoms with Crippen LogP contribution in [0.2, 0.25) is 0 Å². The van der Waals surface area contributed by atoms with Gasteiger partial charge < -0.3 is 20.3 Å². The second-order valence-electron chi connectivity index (χ2n) is 3.70. The Bertz CT molecular complexity index is 332. The number of halogens is 1. The molecule has 0 bridgehead atoms. The van der Waals surface area contributed by atoms with Crippen molar-refractivity contribution >= 4 is 12.4 Å². The lowest BCUT2D eigenvalue weighted by molar-refractivity contribution is 0.191. The number of phenolic OH excluding ortho intramolecular Hbond substituents is 1. The van der Waals surface area contributed by atoms with Gasteiger partial charge in [-0.3, -0.25) is 0 Å². The van der Waals surface area contributed by atoms with E-state index < -0.39 is 6.10 Å². The molecule has 5 heteroatoms. The molecule has 1 rings (SSSR count). The van der Waals surface area contributed by atoms with Gasteiger partial charge in [0.25, 0.3) is 0 Å². The van der Waals surface area contributed by atoms with Crippen molar-refractivity contribution in [3.05, 3.63) is 23.8 Å². The van der Waals surface area contributed by atoms with E-state index in [2.05, 4.69) is 5.32 Å². The molecule has 0 aliphatic carbocycles. The number of benzene rings is 1. The highest BCUT2D eigenvalue weighted by atomic mass is 35.5. The first-order valence-electron chi connectivity index (χ1n) is 5.47. The van der Waals surface area contributed by atoms with Gasteiger partial charge >= 0.3 is 0 Å². The second kappa shape index (κ2) is 8.17. The maximum absolute atomic E-state index is 9.61. The summed E-state index contributed by atoms with van der Waals surface area (Å²) in [5.74, 6) is 0.982. The lowest BCUT2D eigenvalue weighted by atomic mass is 10.2. The SMILES string of the molecule is CCOc1ccc(O)c(CNCC(C)O)c1.Cl. The number of aromatic hydroxyl groups is 1. The third-order valence-corrected chi connectivity index (χ3v) is 2.12. The molecule has 98 valence electrons. The topological polar surface area (TPSA) is 61.7 Å². The molecular formula is C12H20ClNO3. The predicted molar refractivity (Wildman–Crippen MR) is 69.9 cm³/mol. The Kier molecular flexibility index (Phi) is 7.70. The zero-order valence-electron chi connectivity index (χ0n) is 10.1. The Morgan fingerprint density at radius 2 is 2.12 bits per heavy atom. The van der Waals surface area contributed by atoms with Gasteiger partial charge in [0.1, 0.15) is 11.5 Å². The summed E-state index contributed by atoms with van der Waals surface area (Å²) in [6.07, 6.45) is -0.391. The van der Waals surface area contributed by atoms with Crippen LogP contribution < -0.4 is 10.1 Å². The number of phenols is 1. The molecule has 0 heterocycles. The van der Waals surface area contributed by atoms with E-state index in [-0.39, 0.29) is 18.2 Å². The van der Waals surface area contributed by atoms with E-state index in [4.69, 9.17) is 9.84 Å². The third kappa shape index (κ3) is 5.77. The molecule has 1 aromatic carbocycles. The summed E-state index contributed by atoms with van der Waals surface area (Å²) in [5.41, 5.74) is 0.770. The van der Waals surface area contributed by atoms with Crippen molar-refractivity contribution in [2.75, 3.05) is 13.2 Å². The minimum absolute atomic E-state index is 0. The van der Waals surface area contributed by atoms with Crippen LogP contribution in [-0.4, -0.2) is 29.5 Å². The van der Waals surface area contributed by atoms with Gasteiger partial charge in [-0.2, -0.15) is 0 Å². The largest absolute Gasteiger partial charge is 0.508 e. The van der Waals surface area contributed by atoms with Crippen molar-refractivity contribution in [1.29, 1.82) is 0 Å². The fraction of sp³-hybridized carbons (Fsp3) is 0.500. The quantitative estimate of drug-likeness (QED) is 0.729. The Morgan fingerprint density at radius 1 is 1.41 bits per heavy atom. The molecular weight excluding hydrogens is 242 g/mol. The Hall–Kier alpha value is -0.970. The van der Waals surface area contributed by atoms with Crippen molar-refractivity contribution in [2.45, 2.75) is 26.5 Å². The van der Waals surface area contributed by atoms with Crippen molar-refractivity contribution in [2.24, 2.45) is 0 Å². The first-order valence-corrected chi connectivity index (χ1v) is 5.47. The maximum atomic E-state index is 9.61. The van der Waals surface area contributed by atoms with Gasteiger partial charge in [-0.15, -0.1) is 12.4 Å². The number of nitrogens with one attached hydrogen (secondary N) is 1. The molecule has 1 aromatic rings. The number of ether oxygens (including phenoxy) is 1. The average molecular weight is 262 g/mol. The number of rotatable bonds is 6. The molecule has 1 unspecified atom stereocenters. The van der Waals surface area contributed by atoms with Crippen molar-refractivity contribution in [3.63, 3.8) is 0 Å². The maximum Gasteiger partial charge on any atom is 0.120 e. The molecule has 0 fully saturated rings. The van der Waals surface area contributed by atoms with E-state index in [1.54, 1.807) is 25.1 Å². The summed E-state index contributed by atoms with van der Waals surface area (Å²) in [7, 11) is 0. The molecule has 0 radical (unpaired) electrons. The highest BCUT2D eigenvalue weighted by Gasteiger charge is 2.03. The van der Waals surface area contributed by atoms with E-state index in [1.165, 1.54) is 0 Å². The summed E-state index contributed by atoms with van der Waals surface area (Å²) in [4.78, 5) is 0. The highest BCUT2D eigenvalue weighted by molar-refractivity contribution is 5.85. The van der Waals surface area contributed by atoms with Gasteiger partial charge in [0.05, 0.1) is 12.7 Å². The molecule has 0 saturated carbocycles. The Morgan fingerprint density at radius 3 is 2.71 bits per heavy atom. The summed E-state index contributed by atoms with van der Waals surface area (Å²) < 4.78 is 5.34. The molecule has 0 spiro atoms. The van der Waals surface area contributed by atoms with E-state index in [1.807, 2.05) is 6.92 Å². The summed E-state index contributed by atoms with van der Waals surface area (Å²) >= 11 is 0. The molecule has 3 N–H and O–H groups in total. The molecule has 0 aliphatic rings. The summed E-state index contributed by atoms with van der Waals surface area (Å²) in [6, 6.07) is 5.15. The number of aliphatic hydroxyl groups is 1.